The van der Waals surface area contributed by atoms with E-state index >= 15 is 0 Å². The van der Waals surface area contributed by atoms with Crippen molar-refractivity contribution in [2.45, 2.75) is 32.6 Å². The van der Waals surface area contributed by atoms with Crippen LogP contribution < -0.4 is 16.1 Å². The number of H-pyrrole nitrogens is 1. The van der Waals surface area contributed by atoms with Crippen molar-refractivity contribution in [1.82, 2.24) is 15.2 Å². The highest BCUT2D eigenvalue weighted by molar-refractivity contribution is 5.92. The van der Waals surface area contributed by atoms with Crippen molar-refractivity contribution in [3.05, 3.63) is 40.2 Å². The van der Waals surface area contributed by atoms with E-state index in [1.54, 1.807) is 12.1 Å². The van der Waals surface area contributed by atoms with Gasteiger partial charge in [0.15, 0.2) is 5.43 Å². The molecule has 0 unspecified atom stereocenters. The zero-order chi connectivity index (χ0) is 17.6. The van der Waals surface area contributed by atoms with Crippen molar-refractivity contribution in [3.63, 3.8) is 0 Å². The van der Waals surface area contributed by atoms with E-state index in [9.17, 15) is 9.59 Å². The Morgan fingerprint density at radius 3 is 2.76 bits per heavy atom. The van der Waals surface area contributed by atoms with Gasteiger partial charge in [0, 0.05) is 41.4 Å². The smallest absolute Gasteiger partial charge is 0.319 e. The third-order valence-corrected chi connectivity index (χ3v) is 4.69. The highest BCUT2D eigenvalue weighted by Gasteiger charge is 2.10. The first kappa shape index (κ1) is 17.5. The van der Waals surface area contributed by atoms with Gasteiger partial charge in [-0.05, 0) is 50.6 Å². The number of aromatic nitrogens is 1. The largest absolute Gasteiger partial charge is 0.358 e. The summed E-state index contributed by atoms with van der Waals surface area (Å²) in [7, 11) is 0. The van der Waals surface area contributed by atoms with Gasteiger partial charge >= 0.3 is 6.03 Å². The van der Waals surface area contributed by atoms with Crippen molar-refractivity contribution in [1.29, 1.82) is 0 Å². The number of aryl methyl sites for hydroxylation is 1. The predicted molar refractivity (Wildman–Crippen MR) is 101 cm³/mol. The van der Waals surface area contributed by atoms with E-state index in [4.69, 9.17) is 0 Å². The standard InChI is InChI=1S/C19H26N4O2/c1-2-14-13-18(24)16-12-15(6-7-17(16)21-14)22-19(25)20-8-11-23-9-4-3-5-10-23/h6-7,12-13H,2-5,8-11H2,1H3,(H,21,24)(H2,20,22,25). The van der Waals surface area contributed by atoms with Crippen molar-refractivity contribution in [3.8, 4) is 0 Å². The minimum Gasteiger partial charge on any atom is -0.358 e. The molecule has 6 heteroatoms. The van der Waals surface area contributed by atoms with E-state index in [1.165, 1.54) is 19.3 Å². The molecule has 0 aliphatic carbocycles. The molecule has 1 saturated heterocycles. The maximum absolute atomic E-state index is 12.2. The molecule has 1 aromatic heterocycles. The van der Waals surface area contributed by atoms with Crippen LogP contribution in [0.2, 0.25) is 0 Å². The lowest BCUT2D eigenvalue weighted by molar-refractivity contribution is 0.224. The monoisotopic (exact) mass is 342 g/mol. The molecule has 0 bridgehead atoms. The number of urea groups is 1. The predicted octanol–water partition coefficient (Wildman–Crippen LogP) is 2.70. The molecule has 3 rings (SSSR count). The number of anilines is 1. The number of nitrogens with one attached hydrogen (secondary N) is 3. The van der Waals surface area contributed by atoms with Crippen LogP contribution in [0.3, 0.4) is 0 Å². The number of piperidine rings is 1. The fourth-order valence-electron chi connectivity index (χ4n) is 3.26. The third kappa shape index (κ3) is 4.60. The van der Waals surface area contributed by atoms with Crippen LogP contribution in [0.5, 0.6) is 0 Å². The van der Waals surface area contributed by atoms with Crippen LogP contribution >= 0.6 is 0 Å². The fraction of sp³-hybridized carbons (Fsp3) is 0.474. The van der Waals surface area contributed by atoms with Gasteiger partial charge in [0.05, 0.1) is 0 Å². The maximum atomic E-state index is 12.2. The first-order valence-electron chi connectivity index (χ1n) is 9.09. The number of benzene rings is 1. The van der Waals surface area contributed by atoms with E-state index in [0.717, 1.165) is 37.3 Å². The number of hydrogen-bond acceptors (Lipinski definition) is 3. The van der Waals surface area contributed by atoms with Crippen LogP contribution in [0.25, 0.3) is 10.9 Å². The highest BCUT2D eigenvalue weighted by atomic mass is 16.2. The van der Waals surface area contributed by atoms with E-state index in [-0.39, 0.29) is 11.5 Å². The van der Waals surface area contributed by atoms with Crippen LogP contribution in [-0.2, 0) is 6.42 Å². The molecule has 3 N–H and O–H groups in total. The molecule has 25 heavy (non-hydrogen) atoms. The second kappa shape index (κ2) is 8.16. The lowest BCUT2D eigenvalue weighted by atomic mass is 10.1. The van der Waals surface area contributed by atoms with Crippen molar-refractivity contribution < 1.29 is 4.79 Å². The van der Waals surface area contributed by atoms with E-state index in [1.807, 2.05) is 19.1 Å². The zero-order valence-corrected chi connectivity index (χ0v) is 14.7. The summed E-state index contributed by atoms with van der Waals surface area (Å²) in [6, 6.07) is 6.74. The molecule has 2 amide bonds. The topological polar surface area (TPSA) is 77.2 Å². The van der Waals surface area contributed by atoms with Crippen molar-refractivity contribution in [2.24, 2.45) is 0 Å². The Morgan fingerprint density at radius 1 is 1.20 bits per heavy atom. The highest BCUT2D eigenvalue weighted by Crippen LogP contribution is 2.15. The van der Waals surface area contributed by atoms with Gasteiger partial charge in [0.1, 0.15) is 0 Å². The molecule has 1 aliphatic rings. The molecule has 1 aliphatic heterocycles. The van der Waals surface area contributed by atoms with Crippen LogP contribution in [-0.4, -0.2) is 42.1 Å². The minimum atomic E-state index is -0.238. The fourth-order valence-corrected chi connectivity index (χ4v) is 3.26. The Kier molecular flexibility index (Phi) is 5.71. The maximum Gasteiger partial charge on any atom is 0.319 e. The van der Waals surface area contributed by atoms with Gasteiger partial charge in [0.2, 0.25) is 0 Å². The second-order valence-corrected chi connectivity index (χ2v) is 6.56. The van der Waals surface area contributed by atoms with E-state index in [2.05, 4.69) is 20.5 Å². The van der Waals surface area contributed by atoms with Crippen LogP contribution in [0.15, 0.2) is 29.1 Å². The summed E-state index contributed by atoms with van der Waals surface area (Å²) in [5.41, 5.74) is 2.30. The summed E-state index contributed by atoms with van der Waals surface area (Å²) in [6.07, 6.45) is 4.59. The summed E-state index contributed by atoms with van der Waals surface area (Å²) in [5, 5.41) is 6.27. The van der Waals surface area contributed by atoms with Gasteiger partial charge in [-0.25, -0.2) is 4.79 Å². The number of aromatic amines is 1. The number of nitrogens with zero attached hydrogens (tertiary/aromatic N) is 1. The summed E-state index contributed by atoms with van der Waals surface area (Å²) in [5.74, 6) is 0. The number of fused-ring (bicyclic) bond motifs is 1. The molecule has 2 heterocycles. The first-order valence-corrected chi connectivity index (χ1v) is 9.09. The summed E-state index contributed by atoms with van der Waals surface area (Å²) in [4.78, 5) is 29.9. The van der Waals surface area contributed by atoms with Gasteiger partial charge in [-0.3, -0.25) is 4.79 Å². The van der Waals surface area contributed by atoms with Crippen molar-refractivity contribution >= 4 is 22.6 Å². The van der Waals surface area contributed by atoms with Gasteiger partial charge in [-0.1, -0.05) is 13.3 Å². The first-order chi connectivity index (χ1) is 12.2. The number of pyridine rings is 1. The molecule has 1 aromatic carbocycles. The molecule has 0 saturated carbocycles. The van der Waals surface area contributed by atoms with Gasteiger partial charge in [-0.2, -0.15) is 0 Å². The normalized spacial score (nSPS) is 15.2. The van der Waals surface area contributed by atoms with Gasteiger partial charge in [-0.15, -0.1) is 0 Å². The molecular formula is C19H26N4O2. The average Bonchev–Trinajstić information content (AvgIpc) is 2.63. The molecule has 2 aromatic rings. The number of carbonyl (C=O) groups excluding carboxylic acids is 1. The summed E-state index contributed by atoms with van der Waals surface area (Å²) in [6.45, 7) is 5.75. The number of hydrogen-bond donors (Lipinski definition) is 3. The Morgan fingerprint density at radius 2 is 2.00 bits per heavy atom. The number of rotatable bonds is 5. The van der Waals surface area contributed by atoms with Gasteiger partial charge in [0.25, 0.3) is 0 Å². The minimum absolute atomic E-state index is 0.0280. The number of amides is 2. The lowest BCUT2D eigenvalue weighted by Crippen LogP contribution is -2.39. The third-order valence-electron chi connectivity index (χ3n) is 4.69. The molecular weight excluding hydrogens is 316 g/mol. The molecule has 0 spiro atoms. The zero-order valence-electron chi connectivity index (χ0n) is 14.7. The average molecular weight is 342 g/mol. The molecule has 1 fully saturated rings. The molecule has 6 nitrogen and oxygen atoms in total. The summed E-state index contributed by atoms with van der Waals surface area (Å²) >= 11 is 0. The van der Waals surface area contributed by atoms with Crippen molar-refractivity contribution in [2.75, 3.05) is 31.5 Å². The Balaban J connectivity index is 1.57. The second-order valence-electron chi connectivity index (χ2n) is 6.56. The Labute approximate surface area is 147 Å². The van der Waals surface area contributed by atoms with Gasteiger partial charge < -0.3 is 20.5 Å². The SMILES string of the molecule is CCc1cc(=O)c2cc(NC(=O)NCCN3CCCCC3)ccc2[nH]1. The van der Waals surface area contributed by atoms with E-state index < -0.39 is 0 Å². The molecule has 0 radical (unpaired) electrons. The Hall–Kier alpha value is -2.34. The quantitative estimate of drug-likeness (QED) is 0.782. The number of carbonyl (C=O) groups is 1. The van der Waals surface area contributed by atoms with E-state index in [0.29, 0.717) is 17.6 Å². The molecule has 134 valence electrons. The number of likely N-dealkylation sites (tertiary alicyclic amines) is 1. The molecule has 0 atom stereocenters. The van der Waals surface area contributed by atoms with Crippen LogP contribution in [0.4, 0.5) is 10.5 Å². The summed E-state index contributed by atoms with van der Waals surface area (Å²) < 4.78 is 0. The Bertz CT molecular complexity index is 794. The van der Waals surface area contributed by atoms with Crippen LogP contribution in [0, 0.1) is 0 Å². The lowest BCUT2D eigenvalue weighted by Gasteiger charge is -2.26. The van der Waals surface area contributed by atoms with Crippen LogP contribution in [0.1, 0.15) is 31.9 Å².